The van der Waals surface area contributed by atoms with Crippen LogP contribution in [-0.2, 0) is 9.47 Å². The van der Waals surface area contributed by atoms with Gasteiger partial charge in [-0.05, 0) is 90.8 Å². The van der Waals surface area contributed by atoms with Crippen molar-refractivity contribution in [2.24, 2.45) is 10.8 Å². The fourth-order valence-corrected chi connectivity index (χ4v) is 6.89. The van der Waals surface area contributed by atoms with Crippen LogP contribution < -0.4 is 14.8 Å². The third kappa shape index (κ3) is 11.8. The molecule has 10 nitrogen and oxygen atoms in total. The lowest BCUT2D eigenvalue weighted by Crippen LogP contribution is -2.74. The summed E-state index contributed by atoms with van der Waals surface area (Å²) in [5, 5.41) is 12.7. The van der Waals surface area contributed by atoms with Crippen LogP contribution in [0.15, 0.2) is 42.5 Å². The molecule has 1 aliphatic rings. The number of imide groups is 1. The summed E-state index contributed by atoms with van der Waals surface area (Å²) < 4.78 is 23.1. The minimum absolute atomic E-state index is 0.138. The molecule has 1 saturated carbocycles. The molecule has 0 saturated heterocycles. The number of hydrogen-bond acceptors (Lipinski definition) is 8. The molecule has 1 aliphatic carbocycles. The lowest BCUT2D eigenvalue weighted by molar-refractivity contribution is -0.164. The molecule has 2 aromatic rings. The second-order valence-electron chi connectivity index (χ2n) is 16.4. The van der Waals surface area contributed by atoms with Crippen molar-refractivity contribution in [3.63, 3.8) is 0 Å². The van der Waals surface area contributed by atoms with Gasteiger partial charge >= 0.3 is 12.2 Å². The van der Waals surface area contributed by atoms with Gasteiger partial charge in [0.15, 0.2) is 0 Å². The summed E-state index contributed by atoms with van der Waals surface area (Å²) in [6, 6.07) is 14.1. The van der Waals surface area contributed by atoms with Crippen LogP contribution in [0.3, 0.4) is 0 Å². The van der Waals surface area contributed by atoms with E-state index in [4.69, 9.17) is 35.8 Å². The molecule has 0 aliphatic heterocycles. The Kier molecular flexibility index (Phi) is 13.8. The number of rotatable bonds is 14. The highest BCUT2D eigenvalue weighted by Gasteiger charge is 2.64. The Bertz CT molecular complexity index is 1510. The topological polar surface area (TPSA) is 127 Å². The van der Waals surface area contributed by atoms with E-state index in [9.17, 15) is 14.4 Å². The molecule has 0 radical (unpaired) electrons. The normalized spacial score (nSPS) is 17.7. The highest BCUT2D eigenvalue weighted by atomic mass is 35.5. The van der Waals surface area contributed by atoms with Gasteiger partial charge in [0.1, 0.15) is 34.9 Å². The Morgan fingerprint density at radius 3 is 1.82 bits per heavy atom. The summed E-state index contributed by atoms with van der Waals surface area (Å²) in [4.78, 5) is 39.6. The summed E-state index contributed by atoms with van der Waals surface area (Å²) in [6.45, 7) is 19.7. The van der Waals surface area contributed by atoms with Crippen molar-refractivity contribution in [2.45, 2.75) is 131 Å². The Balaban J connectivity index is 1.38. The first kappa shape index (κ1) is 41.5. The monoisotopic (exact) mass is 725 g/mol. The number of carbonyl (C=O) groups is 3. The fourth-order valence-electron chi connectivity index (χ4n) is 6.67. The number of nitrogens with one attached hydrogen (secondary N) is 1. The predicted molar refractivity (Wildman–Crippen MR) is 198 cm³/mol. The van der Waals surface area contributed by atoms with Crippen LogP contribution in [-0.4, -0.2) is 59.5 Å². The van der Waals surface area contributed by atoms with Gasteiger partial charge in [0.2, 0.25) is 0 Å². The fraction of sp³-hybridized carbons (Fsp3) is 0.600. The van der Waals surface area contributed by atoms with Gasteiger partial charge < -0.3 is 24.3 Å². The van der Waals surface area contributed by atoms with Crippen LogP contribution >= 0.6 is 11.6 Å². The zero-order valence-corrected chi connectivity index (χ0v) is 32.7. The molecule has 0 aromatic heterocycles. The highest BCUT2D eigenvalue weighted by Crippen LogP contribution is 2.55. The molecule has 0 bridgehead atoms. The molecule has 3 rings (SSSR count). The maximum atomic E-state index is 13.2. The van der Waals surface area contributed by atoms with Crippen molar-refractivity contribution >= 4 is 29.7 Å². The molecule has 51 heavy (non-hydrogen) atoms. The largest absolute Gasteiger partial charge is 0.494 e. The van der Waals surface area contributed by atoms with Crippen molar-refractivity contribution in [1.29, 1.82) is 5.26 Å². The molecule has 11 heteroatoms. The van der Waals surface area contributed by atoms with Crippen molar-refractivity contribution in [1.82, 2.24) is 10.2 Å². The molecule has 2 aromatic carbocycles. The van der Waals surface area contributed by atoms with Crippen LogP contribution in [0, 0.1) is 22.2 Å². The molecule has 1 N–H and O–H groups in total. The Hall–Kier alpha value is -3.97. The summed E-state index contributed by atoms with van der Waals surface area (Å²) in [7, 11) is 0. The van der Waals surface area contributed by atoms with Crippen LogP contribution in [0.4, 0.5) is 9.59 Å². The van der Waals surface area contributed by atoms with Crippen LogP contribution in [0.5, 0.6) is 11.5 Å². The van der Waals surface area contributed by atoms with Gasteiger partial charge in [0, 0.05) is 35.0 Å². The third-order valence-electron chi connectivity index (χ3n) is 8.82. The van der Waals surface area contributed by atoms with Crippen molar-refractivity contribution in [3.05, 3.63) is 58.6 Å². The van der Waals surface area contributed by atoms with E-state index in [0.717, 1.165) is 37.0 Å². The standard InChI is InChI=1S/C40H56ClN3O7/c1-37(2,3)50-35(46)44(36(47)51-38(4,5)6)23-15-13-11-12-14-16-24-48-29-20-17-27(18-21-29)32(45)43-33-39(7,8)34(40(33,9)10)49-30-22-19-28(26-42)31(41)25-30/h17-22,25,33-34H,11-16,23-24H2,1-10H3,(H,43,45). The molecular weight excluding hydrogens is 670 g/mol. The number of ether oxygens (including phenoxy) is 4. The summed E-state index contributed by atoms with van der Waals surface area (Å²) in [6.07, 6.45) is 3.78. The smallest absolute Gasteiger partial charge is 0.419 e. The van der Waals surface area contributed by atoms with Gasteiger partial charge in [-0.25, -0.2) is 14.5 Å². The number of hydrogen-bond donors (Lipinski definition) is 1. The first-order chi connectivity index (χ1) is 23.7. The number of nitrogens with zero attached hydrogens (tertiary/aromatic N) is 2. The first-order valence-electron chi connectivity index (χ1n) is 17.8. The van der Waals surface area contributed by atoms with Crippen LogP contribution in [0.25, 0.3) is 0 Å². The number of carbonyl (C=O) groups excluding carboxylic acids is 3. The van der Waals surface area contributed by atoms with Crippen molar-refractivity contribution in [3.8, 4) is 17.6 Å². The maximum Gasteiger partial charge on any atom is 0.419 e. The molecule has 3 amide bonds. The van der Waals surface area contributed by atoms with Gasteiger partial charge in [0.05, 0.1) is 17.2 Å². The van der Waals surface area contributed by atoms with Gasteiger partial charge in [-0.15, -0.1) is 0 Å². The minimum atomic E-state index is -0.714. The minimum Gasteiger partial charge on any atom is -0.494 e. The van der Waals surface area contributed by atoms with Gasteiger partial charge in [-0.1, -0.05) is 65.0 Å². The van der Waals surface area contributed by atoms with Crippen molar-refractivity contribution < 1.29 is 33.3 Å². The lowest BCUT2D eigenvalue weighted by atomic mass is 9.49. The van der Waals surface area contributed by atoms with Crippen molar-refractivity contribution in [2.75, 3.05) is 13.2 Å². The molecule has 0 unspecified atom stereocenters. The Morgan fingerprint density at radius 2 is 1.31 bits per heavy atom. The van der Waals surface area contributed by atoms with E-state index < -0.39 is 23.4 Å². The first-order valence-corrected chi connectivity index (χ1v) is 18.2. The van der Waals surface area contributed by atoms with E-state index in [0.29, 0.717) is 40.7 Å². The number of benzene rings is 2. The summed E-state index contributed by atoms with van der Waals surface area (Å²) in [5.41, 5.74) is -1.20. The second kappa shape index (κ2) is 17.0. The molecule has 0 heterocycles. The molecule has 1 fully saturated rings. The average molecular weight is 726 g/mol. The van der Waals surface area contributed by atoms with E-state index in [1.54, 1.807) is 71.9 Å². The molecule has 280 valence electrons. The zero-order chi connectivity index (χ0) is 38.2. The Morgan fingerprint density at radius 1 is 0.804 bits per heavy atom. The predicted octanol–water partition coefficient (Wildman–Crippen LogP) is 9.72. The number of unbranched alkanes of at least 4 members (excludes halogenated alkanes) is 5. The summed E-state index contributed by atoms with van der Waals surface area (Å²) in [5.74, 6) is 1.13. The van der Waals surface area contributed by atoms with Gasteiger partial charge in [0.25, 0.3) is 5.91 Å². The van der Waals surface area contributed by atoms with Crippen LogP contribution in [0.2, 0.25) is 5.02 Å². The van der Waals surface area contributed by atoms with E-state index in [1.807, 2.05) is 12.1 Å². The quantitative estimate of drug-likeness (QED) is 0.191. The highest BCUT2D eigenvalue weighted by molar-refractivity contribution is 6.31. The van der Waals surface area contributed by atoms with E-state index in [2.05, 4.69) is 39.1 Å². The van der Waals surface area contributed by atoms with E-state index in [1.165, 1.54) is 0 Å². The number of halogens is 1. The number of amides is 3. The molecule has 0 atom stereocenters. The lowest BCUT2D eigenvalue weighted by Gasteiger charge is -2.63. The van der Waals surface area contributed by atoms with E-state index in [-0.39, 0.29) is 35.4 Å². The van der Waals surface area contributed by atoms with E-state index >= 15 is 0 Å². The average Bonchev–Trinajstić information content (AvgIpc) is 3.01. The van der Waals surface area contributed by atoms with Gasteiger partial charge in [-0.3, -0.25) is 4.79 Å². The van der Waals surface area contributed by atoms with Crippen LogP contribution in [0.1, 0.15) is 124 Å². The molecule has 0 spiro atoms. The SMILES string of the molecule is CC(C)(C)OC(=O)N(CCCCCCCCOc1ccc(C(=O)NC2C(C)(C)C(Oc3ccc(C#N)c(Cl)c3)C2(C)C)cc1)C(=O)OC(C)(C)C. The van der Waals surface area contributed by atoms with Gasteiger partial charge in [-0.2, -0.15) is 5.26 Å². The zero-order valence-electron chi connectivity index (χ0n) is 32.0. The Labute approximate surface area is 309 Å². The molecular formula is C40H56ClN3O7. The third-order valence-corrected chi connectivity index (χ3v) is 9.13. The maximum absolute atomic E-state index is 13.2. The summed E-state index contributed by atoms with van der Waals surface area (Å²) >= 11 is 6.21. The second-order valence-corrected chi connectivity index (χ2v) is 16.8. The number of nitriles is 1.